The van der Waals surface area contributed by atoms with Gasteiger partial charge < -0.3 is 15.0 Å². The molecular formula is C29H38N4O3. The summed E-state index contributed by atoms with van der Waals surface area (Å²) in [5.74, 6) is 1.08. The summed E-state index contributed by atoms with van der Waals surface area (Å²) in [6.45, 7) is 12.8. The second-order valence-electron chi connectivity index (χ2n) is 10.5. The van der Waals surface area contributed by atoms with Gasteiger partial charge in [0.2, 0.25) is 5.91 Å². The van der Waals surface area contributed by atoms with Gasteiger partial charge in [0.1, 0.15) is 18.1 Å². The van der Waals surface area contributed by atoms with Gasteiger partial charge in [0, 0.05) is 23.6 Å². The van der Waals surface area contributed by atoms with Crippen LogP contribution in [0.15, 0.2) is 54.6 Å². The van der Waals surface area contributed by atoms with Crippen LogP contribution in [-0.4, -0.2) is 46.7 Å². The van der Waals surface area contributed by atoms with Crippen LogP contribution in [0, 0.1) is 5.92 Å². The highest BCUT2D eigenvalue weighted by Gasteiger charge is 2.24. The van der Waals surface area contributed by atoms with Gasteiger partial charge in [0.25, 0.3) is 5.91 Å². The number of carbonyl (C=O) groups excluding carboxylic acids is 2. The van der Waals surface area contributed by atoms with Gasteiger partial charge in [-0.15, -0.1) is 0 Å². The van der Waals surface area contributed by atoms with Gasteiger partial charge in [-0.3, -0.25) is 9.59 Å². The summed E-state index contributed by atoms with van der Waals surface area (Å²) in [4.78, 5) is 28.1. The first-order valence-corrected chi connectivity index (χ1v) is 12.4. The fraction of sp³-hybridized carbons (Fsp3) is 0.414. The van der Waals surface area contributed by atoms with Crippen molar-refractivity contribution in [3.8, 4) is 11.4 Å². The van der Waals surface area contributed by atoms with Crippen LogP contribution in [-0.2, 0) is 16.6 Å². The molecule has 0 aliphatic heterocycles. The molecule has 0 radical (unpaired) electrons. The highest BCUT2D eigenvalue weighted by atomic mass is 16.5. The largest absolute Gasteiger partial charge is 0.497 e. The first-order chi connectivity index (χ1) is 17.0. The van der Waals surface area contributed by atoms with Crippen molar-refractivity contribution in [2.24, 2.45) is 5.92 Å². The topological polar surface area (TPSA) is 76.5 Å². The summed E-state index contributed by atoms with van der Waals surface area (Å²) in [6, 6.07) is 17.0. The van der Waals surface area contributed by atoms with Crippen molar-refractivity contribution in [1.82, 2.24) is 14.7 Å². The Morgan fingerprint density at radius 2 is 1.69 bits per heavy atom. The lowest BCUT2D eigenvalue weighted by Gasteiger charge is -2.24. The van der Waals surface area contributed by atoms with Crippen LogP contribution in [0.1, 0.15) is 63.2 Å². The third-order valence-electron chi connectivity index (χ3n) is 5.88. The number of ether oxygens (including phenoxy) is 1. The predicted molar refractivity (Wildman–Crippen MR) is 144 cm³/mol. The van der Waals surface area contributed by atoms with Crippen LogP contribution < -0.4 is 10.1 Å². The molecule has 1 heterocycles. The van der Waals surface area contributed by atoms with E-state index in [1.807, 2.05) is 68.4 Å². The third-order valence-corrected chi connectivity index (χ3v) is 5.88. The molecule has 36 heavy (non-hydrogen) atoms. The molecule has 7 nitrogen and oxygen atoms in total. The minimum absolute atomic E-state index is 0.0504. The summed E-state index contributed by atoms with van der Waals surface area (Å²) >= 11 is 0. The molecule has 0 aliphatic rings. The third kappa shape index (κ3) is 6.74. The van der Waals surface area contributed by atoms with Crippen LogP contribution in [0.2, 0.25) is 0 Å². The molecule has 0 saturated heterocycles. The van der Waals surface area contributed by atoms with Crippen molar-refractivity contribution in [1.29, 1.82) is 0 Å². The molecule has 0 spiro atoms. The second kappa shape index (κ2) is 11.4. The van der Waals surface area contributed by atoms with Crippen molar-refractivity contribution < 1.29 is 14.3 Å². The van der Waals surface area contributed by atoms with Gasteiger partial charge in [0.05, 0.1) is 18.5 Å². The number of aryl methyl sites for hydroxylation is 1. The number of amides is 2. The van der Waals surface area contributed by atoms with Gasteiger partial charge in [-0.25, -0.2) is 4.68 Å². The Kier molecular flexibility index (Phi) is 8.56. The minimum Gasteiger partial charge on any atom is -0.497 e. The number of hydrogen-bond donors (Lipinski definition) is 1. The number of carbonyl (C=O) groups is 2. The molecule has 0 aliphatic carbocycles. The SMILES string of the molecule is CCc1ccc(C(=O)N(CC(=O)Nc2cc(C(C)(C)C)nn2-c2ccc(OC)cc2)CC(C)C)cc1. The number of benzene rings is 2. The Hall–Kier alpha value is -3.61. The average molecular weight is 491 g/mol. The van der Waals surface area contributed by atoms with Crippen LogP contribution in [0.5, 0.6) is 5.75 Å². The van der Waals surface area contributed by atoms with E-state index >= 15 is 0 Å². The molecule has 192 valence electrons. The highest BCUT2D eigenvalue weighted by Crippen LogP contribution is 2.27. The Bertz CT molecular complexity index is 1170. The Morgan fingerprint density at radius 3 is 2.22 bits per heavy atom. The molecule has 0 unspecified atom stereocenters. The van der Waals surface area contributed by atoms with E-state index in [0.717, 1.165) is 23.6 Å². The monoisotopic (exact) mass is 490 g/mol. The first-order valence-electron chi connectivity index (χ1n) is 12.4. The summed E-state index contributed by atoms with van der Waals surface area (Å²) in [7, 11) is 1.62. The molecule has 0 atom stereocenters. The molecule has 1 aromatic heterocycles. The minimum atomic E-state index is -0.274. The maximum absolute atomic E-state index is 13.3. The Morgan fingerprint density at radius 1 is 1.06 bits per heavy atom. The van der Waals surface area contributed by atoms with Gasteiger partial charge in [-0.05, 0) is 54.3 Å². The summed E-state index contributed by atoms with van der Waals surface area (Å²) < 4.78 is 6.99. The van der Waals surface area contributed by atoms with Crippen molar-refractivity contribution >= 4 is 17.6 Å². The van der Waals surface area contributed by atoms with E-state index in [4.69, 9.17) is 9.84 Å². The summed E-state index contributed by atoms with van der Waals surface area (Å²) in [5.41, 5.74) is 3.19. The zero-order valence-electron chi connectivity index (χ0n) is 22.5. The quantitative estimate of drug-likeness (QED) is 0.431. The molecule has 3 rings (SSSR count). The number of methoxy groups -OCH3 is 1. The number of nitrogens with zero attached hydrogens (tertiary/aromatic N) is 3. The Labute approximate surface area is 214 Å². The van der Waals surface area contributed by atoms with E-state index in [2.05, 4.69) is 33.0 Å². The van der Waals surface area contributed by atoms with Crippen LogP contribution in [0.4, 0.5) is 5.82 Å². The lowest BCUT2D eigenvalue weighted by molar-refractivity contribution is -0.117. The molecule has 2 amide bonds. The maximum Gasteiger partial charge on any atom is 0.254 e. The van der Waals surface area contributed by atoms with Crippen molar-refractivity contribution in [3.05, 3.63) is 71.4 Å². The zero-order valence-corrected chi connectivity index (χ0v) is 22.5. The molecular weight excluding hydrogens is 452 g/mol. The van der Waals surface area contributed by atoms with Crippen molar-refractivity contribution in [3.63, 3.8) is 0 Å². The number of rotatable bonds is 9. The second-order valence-corrected chi connectivity index (χ2v) is 10.5. The highest BCUT2D eigenvalue weighted by molar-refractivity contribution is 5.99. The molecule has 0 fully saturated rings. The van der Waals surface area contributed by atoms with E-state index < -0.39 is 0 Å². The van der Waals surface area contributed by atoms with Gasteiger partial charge in [-0.2, -0.15) is 5.10 Å². The standard InChI is InChI=1S/C29H38N4O3/c1-8-21-9-11-22(12-10-21)28(35)32(18-20(2)3)19-27(34)30-26-17-25(29(4,5)6)31-33(26)23-13-15-24(36-7)16-14-23/h9-17,20H,8,18-19H2,1-7H3,(H,30,34). The molecule has 3 aromatic rings. The van der Waals surface area contributed by atoms with E-state index in [0.29, 0.717) is 17.9 Å². The number of anilines is 1. The Balaban J connectivity index is 1.85. The lowest BCUT2D eigenvalue weighted by Crippen LogP contribution is -2.40. The van der Waals surface area contributed by atoms with Gasteiger partial charge in [-0.1, -0.05) is 53.7 Å². The average Bonchev–Trinajstić information content (AvgIpc) is 3.27. The van der Waals surface area contributed by atoms with Crippen LogP contribution >= 0.6 is 0 Å². The molecule has 1 N–H and O–H groups in total. The van der Waals surface area contributed by atoms with E-state index in [-0.39, 0.29) is 29.7 Å². The van der Waals surface area contributed by atoms with E-state index in [1.165, 1.54) is 5.56 Å². The molecule has 0 saturated carbocycles. The summed E-state index contributed by atoms with van der Waals surface area (Å²) in [6.07, 6.45) is 0.908. The lowest BCUT2D eigenvalue weighted by atomic mass is 9.92. The number of hydrogen-bond acceptors (Lipinski definition) is 4. The zero-order chi connectivity index (χ0) is 26.5. The smallest absolute Gasteiger partial charge is 0.254 e. The number of nitrogens with one attached hydrogen (secondary N) is 1. The molecule has 2 aromatic carbocycles. The fourth-order valence-electron chi connectivity index (χ4n) is 3.84. The van der Waals surface area contributed by atoms with E-state index in [9.17, 15) is 9.59 Å². The number of aromatic nitrogens is 2. The summed E-state index contributed by atoms with van der Waals surface area (Å²) in [5, 5.41) is 7.76. The maximum atomic E-state index is 13.3. The van der Waals surface area contributed by atoms with Gasteiger partial charge >= 0.3 is 0 Å². The predicted octanol–water partition coefficient (Wildman–Crippen LogP) is 5.48. The fourth-order valence-corrected chi connectivity index (χ4v) is 3.84. The molecule has 7 heteroatoms. The van der Waals surface area contributed by atoms with Crippen LogP contribution in [0.25, 0.3) is 5.69 Å². The van der Waals surface area contributed by atoms with Crippen LogP contribution in [0.3, 0.4) is 0 Å². The van der Waals surface area contributed by atoms with Gasteiger partial charge in [0.15, 0.2) is 0 Å². The van der Waals surface area contributed by atoms with E-state index in [1.54, 1.807) is 16.7 Å². The molecule has 0 bridgehead atoms. The first kappa shape index (κ1) is 27.0. The van der Waals surface area contributed by atoms with Crippen molar-refractivity contribution in [2.45, 2.75) is 53.4 Å². The normalized spacial score (nSPS) is 11.4. The van der Waals surface area contributed by atoms with Crippen molar-refractivity contribution in [2.75, 3.05) is 25.5 Å².